The summed E-state index contributed by atoms with van der Waals surface area (Å²) < 4.78 is 52.3. The fourth-order valence-corrected chi connectivity index (χ4v) is 0.484. The SMILES string of the molecule is NS(=O)(=O)NC(F)(F)F.[KH]. The Morgan fingerprint density at radius 2 is 1.60 bits per heavy atom. The van der Waals surface area contributed by atoms with E-state index in [0.717, 1.165) is 0 Å². The van der Waals surface area contributed by atoms with Gasteiger partial charge in [0, 0.05) is 0 Å². The van der Waals surface area contributed by atoms with Crippen molar-refractivity contribution in [2.75, 3.05) is 0 Å². The van der Waals surface area contributed by atoms with Crippen LogP contribution in [0.3, 0.4) is 0 Å². The third-order valence-electron chi connectivity index (χ3n) is 0.258. The Balaban J connectivity index is 0. The van der Waals surface area contributed by atoms with Gasteiger partial charge in [-0.05, 0) is 0 Å². The molecule has 0 saturated heterocycles. The summed E-state index contributed by atoms with van der Waals surface area (Å²) in [5.41, 5.74) is 0. The summed E-state index contributed by atoms with van der Waals surface area (Å²) in [6.07, 6.45) is -4.98. The van der Waals surface area contributed by atoms with E-state index in [1.54, 1.807) is 0 Å². The number of hydrogen-bond acceptors (Lipinski definition) is 2. The van der Waals surface area contributed by atoms with Crippen molar-refractivity contribution in [3.05, 3.63) is 0 Å². The molecule has 10 heavy (non-hydrogen) atoms. The number of hydrogen-bond donors (Lipinski definition) is 2. The van der Waals surface area contributed by atoms with Crippen molar-refractivity contribution >= 4 is 61.6 Å². The molecule has 0 radical (unpaired) electrons. The van der Waals surface area contributed by atoms with E-state index in [4.69, 9.17) is 0 Å². The summed E-state index contributed by atoms with van der Waals surface area (Å²) in [5.74, 6) is 0. The van der Waals surface area contributed by atoms with Crippen LogP contribution in [-0.2, 0) is 10.2 Å². The van der Waals surface area contributed by atoms with Crippen LogP contribution >= 0.6 is 0 Å². The standard InChI is InChI=1S/CH3F3N2O2S.K.H/c2-1(3,4)6-9(5,7)8;;/h6H,(H2,5,7,8);;. The molecule has 3 N–H and O–H groups in total. The Bertz CT molecular complexity index is 185. The Morgan fingerprint density at radius 1 is 1.30 bits per heavy atom. The molecule has 0 fully saturated rings. The quantitative estimate of drug-likeness (QED) is 0.409. The predicted molar refractivity (Wildman–Crippen MR) is 29.4 cm³/mol. The minimum atomic E-state index is -4.98. The zero-order valence-electron chi connectivity index (χ0n) is 3.94. The van der Waals surface area contributed by atoms with Crippen molar-refractivity contribution in [2.24, 2.45) is 5.14 Å². The second-order valence-corrected chi connectivity index (χ2v) is 2.44. The van der Waals surface area contributed by atoms with Gasteiger partial charge in [0.05, 0.1) is 0 Å². The van der Waals surface area contributed by atoms with Gasteiger partial charge in [0.2, 0.25) is 0 Å². The van der Waals surface area contributed by atoms with E-state index < -0.39 is 16.5 Å². The summed E-state index contributed by atoms with van der Waals surface area (Å²) in [4.78, 5) is 0. The molecule has 0 atom stereocenters. The van der Waals surface area contributed by atoms with Crippen molar-refractivity contribution in [2.45, 2.75) is 6.30 Å². The summed E-state index contributed by atoms with van der Waals surface area (Å²) in [7, 11) is -4.66. The van der Waals surface area contributed by atoms with E-state index in [1.807, 2.05) is 0 Å². The van der Waals surface area contributed by atoms with Crippen LogP contribution in [0, 0.1) is 0 Å². The fourth-order valence-electron chi connectivity index (χ4n) is 0.161. The average Bonchev–Trinajstić information content (AvgIpc) is 1.14. The van der Waals surface area contributed by atoms with E-state index in [1.165, 1.54) is 0 Å². The van der Waals surface area contributed by atoms with Crippen LogP contribution in [0.15, 0.2) is 0 Å². The zero-order chi connectivity index (χ0) is 7.71. The van der Waals surface area contributed by atoms with Crippen LogP contribution in [0.2, 0.25) is 0 Å². The molecule has 0 rings (SSSR count). The summed E-state index contributed by atoms with van der Waals surface area (Å²) in [5, 5.41) is 3.96. The number of halogens is 3. The van der Waals surface area contributed by atoms with Crippen molar-refractivity contribution in [3.63, 3.8) is 0 Å². The number of nitrogens with one attached hydrogen (secondary N) is 1. The summed E-state index contributed by atoms with van der Waals surface area (Å²) in [6.45, 7) is 0. The average molecular weight is 204 g/mol. The maximum absolute atomic E-state index is 11.0. The molecule has 0 amide bonds. The molecule has 0 heterocycles. The normalized spacial score (nSPS) is 12.4. The molecule has 0 spiro atoms. The third-order valence-corrected chi connectivity index (χ3v) is 0.774. The van der Waals surface area contributed by atoms with E-state index >= 15 is 0 Å². The molecule has 4 nitrogen and oxygen atoms in total. The van der Waals surface area contributed by atoms with Crippen LogP contribution in [0.5, 0.6) is 0 Å². The fraction of sp³-hybridized carbons (Fsp3) is 1.00. The molecule has 0 saturated carbocycles. The molecule has 58 valence electrons. The zero-order valence-corrected chi connectivity index (χ0v) is 4.75. The van der Waals surface area contributed by atoms with E-state index in [0.29, 0.717) is 0 Å². The Kier molecular flexibility index (Phi) is 6.03. The predicted octanol–water partition coefficient (Wildman–Crippen LogP) is -1.35. The Labute approximate surface area is 97.9 Å². The summed E-state index contributed by atoms with van der Waals surface area (Å²) >= 11 is 0. The number of alkyl halides is 3. The van der Waals surface area contributed by atoms with Gasteiger partial charge in [-0.2, -0.15) is 21.6 Å². The van der Waals surface area contributed by atoms with Crippen molar-refractivity contribution < 1.29 is 21.6 Å². The van der Waals surface area contributed by atoms with Gasteiger partial charge in [-0.1, -0.05) is 0 Å². The summed E-state index contributed by atoms with van der Waals surface area (Å²) in [6, 6.07) is 0. The molecule has 0 unspecified atom stereocenters. The molecule has 0 aliphatic heterocycles. The first-order chi connectivity index (χ1) is 3.71. The van der Waals surface area contributed by atoms with Crippen LogP contribution in [0.1, 0.15) is 0 Å². The first kappa shape index (κ1) is 13.9. The Hall–Kier alpha value is 1.30. The number of nitrogens with two attached hydrogens (primary N) is 1. The molecular formula is CH4F3KN2O2S. The van der Waals surface area contributed by atoms with E-state index in [2.05, 4.69) is 5.14 Å². The van der Waals surface area contributed by atoms with Crippen LogP contribution in [0.4, 0.5) is 13.2 Å². The molecule has 0 aromatic carbocycles. The second-order valence-electron chi connectivity index (χ2n) is 1.14. The minimum absolute atomic E-state index is 0. The van der Waals surface area contributed by atoms with Crippen LogP contribution in [0.25, 0.3) is 0 Å². The second kappa shape index (κ2) is 4.35. The molecule has 0 bridgehead atoms. The molecule has 0 aliphatic carbocycles. The van der Waals surface area contributed by atoms with Crippen LogP contribution in [-0.4, -0.2) is 66.1 Å². The van der Waals surface area contributed by atoms with Crippen LogP contribution < -0.4 is 9.86 Å². The van der Waals surface area contributed by atoms with E-state index in [-0.39, 0.29) is 56.1 Å². The van der Waals surface area contributed by atoms with Gasteiger partial charge >= 0.3 is 57.7 Å². The number of rotatable bonds is 1. The first-order valence-electron chi connectivity index (χ1n) is 1.59. The molecule has 0 aromatic rings. The topological polar surface area (TPSA) is 72.2 Å². The third kappa shape index (κ3) is 12.0. The van der Waals surface area contributed by atoms with E-state index in [9.17, 15) is 21.6 Å². The molecule has 0 aliphatic rings. The molecular weight excluding hydrogens is 200 g/mol. The van der Waals surface area contributed by atoms with Gasteiger partial charge in [0.15, 0.2) is 0 Å². The first-order valence-corrected chi connectivity index (χ1v) is 3.14. The van der Waals surface area contributed by atoms with Crippen molar-refractivity contribution in [1.82, 2.24) is 4.72 Å². The van der Waals surface area contributed by atoms with Gasteiger partial charge < -0.3 is 0 Å². The van der Waals surface area contributed by atoms with Crippen molar-refractivity contribution in [3.8, 4) is 0 Å². The Morgan fingerprint density at radius 3 is 1.60 bits per heavy atom. The molecule has 9 heteroatoms. The van der Waals surface area contributed by atoms with Gasteiger partial charge in [-0.3, -0.25) is 0 Å². The van der Waals surface area contributed by atoms with Crippen molar-refractivity contribution in [1.29, 1.82) is 0 Å². The van der Waals surface area contributed by atoms with Gasteiger partial charge in [-0.25, -0.2) is 5.14 Å². The van der Waals surface area contributed by atoms with Gasteiger partial charge in [-0.15, -0.1) is 4.72 Å². The molecule has 0 aromatic heterocycles. The maximum atomic E-state index is 11.0. The monoisotopic (exact) mass is 204 g/mol. The van der Waals surface area contributed by atoms with Gasteiger partial charge in [0.1, 0.15) is 0 Å². The van der Waals surface area contributed by atoms with Gasteiger partial charge in [0.25, 0.3) is 10.2 Å².